The van der Waals surface area contributed by atoms with Crippen molar-refractivity contribution in [2.24, 2.45) is 4.99 Å². The Labute approximate surface area is 164 Å². The van der Waals surface area contributed by atoms with Gasteiger partial charge in [-0.25, -0.2) is 4.39 Å². The van der Waals surface area contributed by atoms with Gasteiger partial charge in [0.25, 0.3) is 5.91 Å². The van der Waals surface area contributed by atoms with E-state index in [2.05, 4.69) is 10.3 Å². The number of hydrogen-bond acceptors (Lipinski definition) is 3. The number of hydrogen-bond donors (Lipinski definition) is 2. The maximum absolute atomic E-state index is 13.0. The van der Waals surface area contributed by atoms with E-state index in [9.17, 15) is 14.3 Å². The standard InChI is InChI=1S/C20H13Cl2FN2O2/c21-13-9-12(19(26)17(22)10-13)11-24-18-4-2-1-3-16(18)20(27)25-15-7-5-14(23)6-8-15/h1-11,26H,(H,25,27). The number of amides is 1. The van der Waals surface area contributed by atoms with E-state index in [1.165, 1.54) is 42.6 Å². The van der Waals surface area contributed by atoms with Crippen molar-refractivity contribution in [2.45, 2.75) is 0 Å². The lowest BCUT2D eigenvalue weighted by Crippen LogP contribution is -2.12. The van der Waals surface area contributed by atoms with Gasteiger partial charge in [-0.2, -0.15) is 0 Å². The Hall–Kier alpha value is -2.89. The van der Waals surface area contributed by atoms with Gasteiger partial charge in [-0.15, -0.1) is 0 Å². The smallest absolute Gasteiger partial charge is 0.257 e. The number of halogens is 3. The fraction of sp³-hybridized carbons (Fsp3) is 0. The largest absolute Gasteiger partial charge is 0.506 e. The molecule has 27 heavy (non-hydrogen) atoms. The third-order valence-corrected chi connectivity index (χ3v) is 4.16. The molecule has 0 saturated heterocycles. The molecule has 3 rings (SSSR count). The zero-order chi connectivity index (χ0) is 19.4. The number of carbonyl (C=O) groups is 1. The van der Waals surface area contributed by atoms with Gasteiger partial charge in [-0.05, 0) is 48.5 Å². The lowest BCUT2D eigenvalue weighted by Gasteiger charge is -2.08. The van der Waals surface area contributed by atoms with Gasteiger partial charge in [0.1, 0.15) is 11.6 Å². The normalized spacial score (nSPS) is 10.9. The fourth-order valence-electron chi connectivity index (χ4n) is 2.33. The molecule has 0 saturated carbocycles. The van der Waals surface area contributed by atoms with Gasteiger partial charge in [0, 0.05) is 22.5 Å². The first-order valence-electron chi connectivity index (χ1n) is 7.82. The summed E-state index contributed by atoms with van der Waals surface area (Å²) in [6.07, 6.45) is 1.37. The van der Waals surface area contributed by atoms with E-state index in [1.54, 1.807) is 24.3 Å². The molecule has 0 aromatic heterocycles. The number of benzene rings is 3. The molecule has 136 valence electrons. The van der Waals surface area contributed by atoms with Gasteiger partial charge < -0.3 is 10.4 Å². The summed E-state index contributed by atoms with van der Waals surface area (Å²) in [5, 5.41) is 13.1. The molecule has 3 aromatic rings. The van der Waals surface area contributed by atoms with Crippen LogP contribution in [-0.2, 0) is 0 Å². The van der Waals surface area contributed by atoms with Crippen LogP contribution in [0.4, 0.5) is 15.8 Å². The molecule has 0 bridgehead atoms. The Kier molecular flexibility index (Phi) is 5.74. The van der Waals surface area contributed by atoms with E-state index >= 15 is 0 Å². The highest BCUT2D eigenvalue weighted by molar-refractivity contribution is 6.36. The number of phenols is 1. The van der Waals surface area contributed by atoms with Crippen LogP contribution in [0, 0.1) is 5.82 Å². The molecule has 0 aliphatic rings. The van der Waals surface area contributed by atoms with E-state index in [1.807, 2.05) is 0 Å². The van der Waals surface area contributed by atoms with E-state index in [4.69, 9.17) is 23.2 Å². The lowest BCUT2D eigenvalue weighted by atomic mass is 10.1. The van der Waals surface area contributed by atoms with Gasteiger partial charge in [0.05, 0.1) is 16.3 Å². The average molecular weight is 403 g/mol. The zero-order valence-electron chi connectivity index (χ0n) is 13.8. The summed E-state index contributed by atoms with van der Waals surface area (Å²) < 4.78 is 13.0. The Morgan fingerprint density at radius 1 is 1.07 bits per heavy atom. The summed E-state index contributed by atoms with van der Waals surface area (Å²) in [5.74, 6) is -0.946. The van der Waals surface area contributed by atoms with Gasteiger partial charge in [-0.1, -0.05) is 35.3 Å². The molecule has 7 heteroatoms. The lowest BCUT2D eigenvalue weighted by molar-refractivity contribution is 0.102. The van der Waals surface area contributed by atoms with E-state index in [0.717, 1.165) is 0 Å². The molecule has 1 amide bonds. The van der Waals surface area contributed by atoms with Gasteiger partial charge in [0.15, 0.2) is 0 Å². The Balaban J connectivity index is 1.88. The van der Waals surface area contributed by atoms with E-state index in [-0.39, 0.29) is 10.8 Å². The minimum absolute atomic E-state index is 0.103. The van der Waals surface area contributed by atoms with Crippen LogP contribution in [-0.4, -0.2) is 17.2 Å². The highest BCUT2D eigenvalue weighted by atomic mass is 35.5. The second kappa shape index (κ2) is 8.20. The number of phenolic OH excluding ortho intramolecular Hbond substituents is 1. The number of rotatable bonds is 4. The molecular weight excluding hydrogens is 390 g/mol. The molecule has 3 aromatic carbocycles. The van der Waals surface area contributed by atoms with Crippen molar-refractivity contribution in [3.05, 3.63) is 87.7 Å². The van der Waals surface area contributed by atoms with Crippen LogP contribution >= 0.6 is 23.2 Å². The second-order valence-electron chi connectivity index (χ2n) is 5.56. The SMILES string of the molecule is O=C(Nc1ccc(F)cc1)c1ccccc1N=Cc1cc(Cl)cc(Cl)c1O. The number of carbonyl (C=O) groups excluding carboxylic acids is 1. The quantitative estimate of drug-likeness (QED) is 0.538. The van der Waals surface area contributed by atoms with Crippen LogP contribution in [0.2, 0.25) is 10.0 Å². The summed E-state index contributed by atoms with van der Waals surface area (Å²) >= 11 is 11.8. The maximum atomic E-state index is 13.0. The molecule has 4 nitrogen and oxygen atoms in total. The van der Waals surface area contributed by atoms with Gasteiger partial charge >= 0.3 is 0 Å². The Morgan fingerprint density at radius 3 is 2.52 bits per heavy atom. The molecule has 2 N–H and O–H groups in total. The van der Waals surface area contributed by atoms with Gasteiger partial charge in [0.2, 0.25) is 0 Å². The minimum atomic E-state index is -0.400. The van der Waals surface area contributed by atoms with Crippen molar-refractivity contribution in [1.29, 1.82) is 0 Å². The third-order valence-electron chi connectivity index (χ3n) is 3.65. The molecular formula is C20H13Cl2FN2O2. The average Bonchev–Trinajstić information content (AvgIpc) is 2.65. The molecule has 0 aliphatic heterocycles. The highest BCUT2D eigenvalue weighted by Gasteiger charge is 2.11. The minimum Gasteiger partial charge on any atom is -0.506 e. The highest BCUT2D eigenvalue weighted by Crippen LogP contribution is 2.30. The Bertz CT molecular complexity index is 1020. The fourth-order valence-corrected chi connectivity index (χ4v) is 2.84. The first-order chi connectivity index (χ1) is 12.9. The van der Waals surface area contributed by atoms with Crippen molar-refractivity contribution in [3.8, 4) is 5.75 Å². The zero-order valence-corrected chi connectivity index (χ0v) is 15.3. The number of nitrogens with one attached hydrogen (secondary N) is 1. The van der Waals surface area contributed by atoms with Crippen molar-refractivity contribution < 1.29 is 14.3 Å². The predicted molar refractivity (Wildman–Crippen MR) is 106 cm³/mol. The van der Waals surface area contributed by atoms with Crippen LogP contribution in [0.25, 0.3) is 0 Å². The molecule has 0 fully saturated rings. The molecule has 0 unspecified atom stereocenters. The molecule has 0 heterocycles. The van der Waals surface area contributed by atoms with Crippen LogP contribution in [0.1, 0.15) is 15.9 Å². The number of para-hydroxylation sites is 1. The first kappa shape index (κ1) is 18.9. The van der Waals surface area contributed by atoms with Crippen LogP contribution in [0.5, 0.6) is 5.75 Å². The predicted octanol–water partition coefficient (Wildman–Crippen LogP) is 5.84. The number of aliphatic imine (C=N–C) groups is 1. The van der Waals surface area contributed by atoms with Crippen LogP contribution in [0.3, 0.4) is 0 Å². The maximum Gasteiger partial charge on any atom is 0.257 e. The molecule has 0 aliphatic carbocycles. The monoisotopic (exact) mass is 402 g/mol. The Morgan fingerprint density at radius 2 is 1.78 bits per heavy atom. The van der Waals surface area contributed by atoms with Gasteiger partial charge in [-0.3, -0.25) is 9.79 Å². The van der Waals surface area contributed by atoms with Crippen molar-refractivity contribution >= 4 is 46.7 Å². The van der Waals surface area contributed by atoms with Crippen molar-refractivity contribution in [2.75, 3.05) is 5.32 Å². The number of anilines is 1. The van der Waals surface area contributed by atoms with Crippen LogP contribution in [0.15, 0.2) is 65.7 Å². The summed E-state index contributed by atoms with van der Waals surface area (Å²) in [5.41, 5.74) is 1.47. The second-order valence-corrected chi connectivity index (χ2v) is 6.41. The van der Waals surface area contributed by atoms with E-state index < -0.39 is 11.7 Å². The third kappa shape index (κ3) is 4.64. The summed E-state index contributed by atoms with van der Waals surface area (Å²) in [6.45, 7) is 0. The van der Waals surface area contributed by atoms with Crippen molar-refractivity contribution in [1.82, 2.24) is 0 Å². The number of nitrogens with zero attached hydrogens (tertiary/aromatic N) is 1. The van der Waals surface area contributed by atoms with Crippen LogP contribution < -0.4 is 5.32 Å². The number of aromatic hydroxyl groups is 1. The summed E-state index contributed by atoms with van der Waals surface area (Å²) in [4.78, 5) is 16.8. The van der Waals surface area contributed by atoms with Crippen molar-refractivity contribution in [3.63, 3.8) is 0 Å². The topological polar surface area (TPSA) is 61.7 Å². The summed E-state index contributed by atoms with van der Waals surface area (Å²) in [7, 11) is 0. The molecule has 0 radical (unpaired) electrons. The molecule has 0 atom stereocenters. The molecule has 0 spiro atoms. The summed E-state index contributed by atoms with van der Waals surface area (Å²) in [6, 6.07) is 15.0. The first-order valence-corrected chi connectivity index (χ1v) is 8.57. The van der Waals surface area contributed by atoms with E-state index in [0.29, 0.717) is 27.5 Å².